The molecule has 6 heteroatoms. The highest BCUT2D eigenvalue weighted by Gasteiger charge is 2.54. The molecule has 0 aromatic carbocycles. The maximum Gasteiger partial charge on any atom is 0.340 e. The number of unbranched alkanes of at least 4 members (excludes halogenated alkanes) is 9. The molecule has 0 saturated heterocycles. The highest BCUT2D eigenvalue weighted by atomic mass is 16.9. The van der Waals surface area contributed by atoms with Gasteiger partial charge in [0.1, 0.15) is 6.61 Å². The van der Waals surface area contributed by atoms with E-state index in [2.05, 4.69) is 20.8 Å². The van der Waals surface area contributed by atoms with Gasteiger partial charge in [0.05, 0.1) is 19.8 Å². The van der Waals surface area contributed by atoms with E-state index in [1.807, 2.05) is 0 Å². The summed E-state index contributed by atoms with van der Waals surface area (Å²) >= 11 is 0. The lowest BCUT2D eigenvalue weighted by atomic mass is 10.2. The van der Waals surface area contributed by atoms with Crippen LogP contribution in [-0.2, 0) is 14.2 Å². The van der Waals surface area contributed by atoms with Crippen LogP contribution in [0.4, 0.5) is 0 Å². The third-order valence-corrected chi connectivity index (χ3v) is 4.64. The minimum atomic E-state index is -2.37. The predicted octanol–water partition coefficient (Wildman–Crippen LogP) is 4.10. The fourth-order valence-electron chi connectivity index (χ4n) is 2.75. The highest BCUT2D eigenvalue weighted by Crippen LogP contribution is 2.28. The fraction of sp³-hybridized carbons (Fsp3) is 1.00. The Labute approximate surface area is 166 Å². The number of ether oxygens (including phenoxy) is 3. The maximum absolute atomic E-state index is 10.9. The van der Waals surface area contributed by atoms with Crippen LogP contribution >= 0.6 is 0 Å². The highest BCUT2D eigenvalue weighted by molar-refractivity contribution is 4.78. The average molecular weight is 393 g/mol. The summed E-state index contributed by atoms with van der Waals surface area (Å²) in [6.45, 7) is 6.22. The van der Waals surface area contributed by atoms with Crippen LogP contribution in [-0.4, -0.2) is 53.5 Å². The van der Waals surface area contributed by atoms with Gasteiger partial charge >= 0.3 is 5.97 Å². The largest absolute Gasteiger partial charge is 0.390 e. The Bertz CT molecular complexity index is 312. The second-order valence-electron chi connectivity index (χ2n) is 7.25. The molecule has 0 fully saturated rings. The minimum absolute atomic E-state index is 0.220. The van der Waals surface area contributed by atoms with Gasteiger partial charge in [-0.05, 0) is 19.3 Å². The summed E-state index contributed by atoms with van der Waals surface area (Å²) in [6, 6.07) is 0. The van der Waals surface area contributed by atoms with E-state index in [0.29, 0.717) is 0 Å². The molecule has 27 heavy (non-hydrogen) atoms. The van der Waals surface area contributed by atoms with Gasteiger partial charge in [-0.3, -0.25) is 0 Å². The first kappa shape index (κ1) is 26.8. The van der Waals surface area contributed by atoms with Crippen LogP contribution in [0.3, 0.4) is 0 Å². The zero-order chi connectivity index (χ0) is 20.4. The van der Waals surface area contributed by atoms with Crippen molar-refractivity contribution in [1.82, 2.24) is 0 Å². The van der Waals surface area contributed by atoms with Gasteiger partial charge in [-0.25, -0.2) is 0 Å². The van der Waals surface area contributed by atoms with Crippen LogP contribution in [0, 0.1) is 0 Å². The van der Waals surface area contributed by atoms with Gasteiger partial charge < -0.3 is 29.5 Å². The predicted molar refractivity (Wildman–Crippen MR) is 107 cm³/mol. The van der Waals surface area contributed by atoms with Crippen molar-refractivity contribution in [2.45, 2.75) is 110 Å². The normalized spacial score (nSPS) is 14.4. The minimum Gasteiger partial charge on any atom is -0.390 e. The zero-order valence-corrected chi connectivity index (χ0v) is 17.9. The topological polar surface area (TPSA) is 88.4 Å². The molecule has 0 aromatic rings. The van der Waals surface area contributed by atoms with Gasteiger partial charge in [-0.15, -0.1) is 0 Å². The first-order valence-electron chi connectivity index (χ1n) is 11.0. The first-order valence-corrected chi connectivity index (χ1v) is 11.0. The number of rotatable bonds is 20. The third kappa shape index (κ3) is 11.4. The molecule has 0 saturated carbocycles. The molecule has 164 valence electrons. The number of hydrogen-bond acceptors (Lipinski definition) is 6. The lowest BCUT2D eigenvalue weighted by Gasteiger charge is -2.40. The van der Waals surface area contributed by atoms with Gasteiger partial charge in [-0.1, -0.05) is 78.6 Å². The second kappa shape index (κ2) is 16.7. The SMILES string of the molecule is CCCCCCOC(O)(CO)C(O)(OCCCCCC)OCCCCCC. The van der Waals surface area contributed by atoms with Crippen molar-refractivity contribution < 1.29 is 29.5 Å². The lowest BCUT2D eigenvalue weighted by molar-refractivity contribution is -0.484. The summed E-state index contributed by atoms with van der Waals surface area (Å²) in [5.74, 6) is -4.67. The van der Waals surface area contributed by atoms with Crippen molar-refractivity contribution in [2.75, 3.05) is 26.4 Å². The maximum atomic E-state index is 10.9. The molecule has 1 atom stereocenters. The average Bonchev–Trinajstić information content (AvgIpc) is 2.67. The molecule has 0 aliphatic heterocycles. The summed E-state index contributed by atoms with van der Waals surface area (Å²) in [4.78, 5) is 0. The first-order chi connectivity index (χ1) is 13.0. The van der Waals surface area contributed by atoms with E-state index in [0.717, 1.165) is 77.0 Å². The Hall–Kier alpha value is -0.240. The fourth-order valence-corrected chi connectivity index (χ4v) is 2.75. The molecule has 0 radical (unpaired) electrons. The van der Waals surface area contributed by atoms with Crippen molar-refractivity contribution in [3.05, 3.63) is 0 Å². The summed E-state index contributed by atoms with van der Waals surface area (Å²) < 4.78 is 16.5. The van der Waals surface area contributed by atoms with Crippen molar-refractivity contribution in [1.29, 1.82) is 0 Å². The summed E-state index contributed by atoms with van der Waals surface area (Å²) in [5.41, 5.74) is 0. The molecule has 0 spiro atoms. The lowest BCUT2D eigenvalue weighted by Crippen LogP contribution is -2.62. The molecule has 0 aromatic heterocycles. The molecule has 0 aliphatic rings. The molecule has 1 unspecified atom stereocenters. The molecular formula is C21H44O6. The Balaban J connectivity index is 4.74. The number of aliphatic hydroxyl groups excluding tert-OH is 1. The van der Waals surface area contributed by atoms with E-state index in [4.69, 9.17) is 14.2 Å². The Morgan fingerprint density at radius 3 is 1.26 bits per heavy atom. The van der Waals surface area contributed by atoms with Gasteiger partial charge in [0.2, 0.25) is 0 Å². The van der Waals surface area contributed by atoms with Gasteiger partial charge in [0, 0.05) is 0 Å². The summed E-state index contributed by atoms with van der Waals surface area (Å²) in [7, 11) is 0. The summed E-state index contributed by atoms with van der Waals surface area (Å²) in [5, 5.41) is 31.3. The smallest absolute Gasteiger partial charge is 0.340 e. The molecule has 6 nitrogen and oxygen atoms in total. The Morgan fingerprint density at radius 2 is 0.926 bits per heavy atom. The molecule has 0 rings (SSSR count). The third-order valence-electron chi connectivity index (χ3n) is 4.64. The van der Waals surface area contributed by atoms with Crippen LogP contribution in [0.15, 0.2) is 0 Å². The zero-order valence-electron chi connectivity index (χ0n) is 17.9. The number of aliphatic hydroxyl groups is 3. The molecule has 3 N–H and O–H groups in total. The molecule has 0 bridgehead atoms. The van der Waals surface area contributed by atoms with Crippen molar-refractivity contribution in [3.63, 3.8) is 0 Å². The molecule has 0 amide bonds. The molecule has 0 heterocycles. The number of hydrogen-bond donors (Lipinski definition) is 3. The standard InChI is InChI=1S/C21H44O6/c1-4-7-10-13-16-25-20(23,19-22)21(24,26-17-14-11-8-5-2)27-18-15-12-9-6-3/h22-24H,4-19H2,1-3H3. The van der Waals surface area contributed by atoms with E-state index < -0.39 is 18.4 Å². The second-order valence-corrected chi connectivity index (χ2v) is 7.25. The van der Waals surface area contributed by atoms with Gasteiger partial charge in [0.15, 0.2) is 0 Å². The molecular weight excluding hydrogens is 348 g/mol. The van der Waals surface area contributed by atoms with E-state index in [9.17, 15) is 15.3 Å². The van der Waals surface area contributed by atoms with E-state index in [1.165, 1.54) is 0 Å². The van der Waals surface area contributed by atoms with Gasteiger partial charge in [-0.2, -0.15) is 0 Å². The van der Waals surface area contributed by atoms with E-state index in [1.54, 1.807) is 0 Å². The van der Waals surface area contributed by atoms with Crippen LogP contribution < -0.4 is 0 Å². The van der Waals surface area contributed by atoms with E-state index in [-0.39, 0.29) is 19.8 Å². The van der Waals surface area contributed by atoms with Crippen LogP contribution in [0.1, 0.15) is 97.8 Å². The van der Waals surface area contributed by atoms with Crippen molar-refractivity contribution in [2.24, 2.45) is 0 Å². The Kier molecular flexibility index (Phi) is 16.5. The quantitative estimate of drug-likeness (QED) is 0.213. The summed E-state index contributed by atoms with van der Waals surface area (Å²) in [6.07, 6.45) is 11.7. The Morgan fingerprint density at radius 1 is 0.556 bits per heavy atom. The van der Waals surface area contributed by atoms with Crippen LogP contribution in [0.5, 0.6) is 0 Å². The van der Waals surface area contributed by atoms with Crippen LogP contribution in [0.25, 0.3) is 0 Å². The van der Waals surface area contributed by atoms with Crippen molar-refractivity contribution >= 4 is 0 Å². The van der Waals surface area contributed by atoms with E-state index >= 15 is 0 Å². The van der Waals surface area contributed by atoms with Crippen LogP contribution in [0.2, 0.25) is 0 Å². The monoisotopic (exact) mass is 392 g/mol. The molecule has 0 aliphatic carbocycles. The van der Waals surface area contributed by atoms with Crippen molar-refractivity contribution in [3.8, 4) is 0 Å². The van der Waals surface area contributed by atoms with Gasteiger partial charge in [0.25, 0.3) is 5.79 Å².